The van der Waals surface area contributed by atoms with Crippen LogP contribution >= 0.6 is 0 Å². The predicted molar refractivity (Wildman–Crippen MR) is 118 cm³/mol. The van der Waals surface area contributed by atoms with E-state index in [4.69, 9.17) is 0 Å². The fraction of sp³-hybridized carbons (Fsp3) is 0.458. The fourth-order valence-electron chi connectivity index (χ4n) is 3.93. The number of hydrogen-bond donors (Lipinski definition) is 1. The van der Waals surface area contributed by atoms with Crippen LogP contribution in [0.2, 0.25) is 0 Å². The molecule has 2 aromatic carbocycles. The molecule has 0 radical (unpaired) electrons. The molecule has 1 aliphatic heterocycles. The third kappa shape index (κ3) is 4.56. The number of carbonyl (C=O) groups is 1. The minimum Gasteiger partial charge on any atom is -0.369 e. The maximum absolute atomic E-state index is 12.9. The maximum Gasteiger partial charge on any atom is 0.241 e. The lowest BCUT2D eigenvalue weighted by Crippen LogP contribution is -2.53. The summed E-state index contributed by atoms with van der Waals surface area (Å²) in [5.41, 5.74) is 4.78. The Balaban J connectivity index is 1.60. The van der Waals surface area contributed by atoms with Crippen molar-refractivity contribution in [1.82, 2.24) is 4.90 Å². The second kappa shape index (κ2) is 9.24. The highest BCUT2D eigenvalue weighted by atomic mass is 16.2. The molecule has 1 fully saturated rings. The number of anilines is 2. The second-order valence-electron chi connectivity index (χ2n) is 7.87. The van der Waals surface area contributed by atoms with Gasteiger partial charge in [0, 0.05) is 37.6 Å². The van der Waals surface area contributed by atoms with Crippen LogP contribution in [0.4, 0.5) is 11.4 Å². The lowest BCUT2D eigenvalue weighted by Gasteiger charge is -2.39. The molecule has 28 heavy (non-hydrogen) atoms. The van der Waals surface area contributed by atoms with E-state index < -0.39 is 0 Å². The van der Waals surface area contributed by atoms with Crippen molar-refractivity contribution in [1.29, 1.82) is 0 Å². The van der Waals surface area contributed by atoms with Crippen molar-refractivity contribution in [2.24, 2.45) is 0 Å². The van der Waals surface area contributed by atoms with Gasteiger partial charge in [0.05, 0.1) is 6.04 Å². The second-order valence-corrected chi connectivity index (χ2v) is 7.87. The summed E-state index contributed by atoms with van der Waals surface area (Å²) in [4.78, 5) is 17.6. The van der Waals surface area contributed by atoms with Gasteiger partial charge in [-0.1, -0.05) is 50.2 Å². The number of carbonyl (C=O) groups excluding carboxylic acids is 1. The van der Waals surface area contributed by atoms with Crippen LogP contribution < -0.4 is 10.2 Å². The molecule has 1 heterocycles. The predicted octanol–water partition coefficient (Wildman–Crippen LogP) is 4.66. The minimum atomic E-state index is -0.135. The van der Waals surface area contributed by atoms with Crippen molar-refractivity contribution < 1.29 is 4.79 Å². The molecular formula is C24H33N3O. The zero-order chi connectivity index (χ0) is 20.1. The number of hydrogen-bond acceptors (Lipinski definition) is 3. The van der Waals surface area contributed by atoms with Crippen molar-refractivity contribution in [3.8, 4) is 0 Å². The molecular weight excluding hydrogens is 346 g/mol. The van der Waals surface area contributed by atoms with Crippen molar-refractivity contribution >= 4 is 17.3 Å². The van der Waals surface area contributed by atoms with Gasteiger partial charge in [-0.15, -0.1) is 0 Å². The third-order valence-corrected chi connectivity index (χ3v) is 6.06. The van der Waals surface area contributed by atoms with Crippen LogP contribution in [-0.4, -0.2) is 43.0 Å². The molecule has 0 aliphatic carbocycles. The zero-order valence-electron chi connectivity index (χ0n) is 17.6. The maximum atomic E-state index is 12.9. The molecule has 2 aromatic rings. The molecule has 2 atom stereocenters. The Morgan fingerprint density at radius 3 is 2.32 bits per heavy atom. The fourth-order valence-corrected chi connectivity index (χ4v) is 3.93. The van der Waals surface area contributed by atoms with E-state index in [1.165, 1.54) is 16.8 Å². The smallest absolute Gasteiger partial charge is 0.241 e. The van der Waals surface area contributed by atoms with Crippen LogP contribution in [0, 0.1) is 6.92 Å². The van der Waals surface area contributed by atoms with Crippen LogP contribution in [0.15, 0.2) is 48.5 Å². The van der Waals surface area contributed by atoms with Gasteiger partial charge in [-0.2, -0.15) is 0 Å². The normalized spacial score (nSPS) is 17.2. The largest absolute Gasteiger partial charge is 0.369 e. The summed E-state index contributed by atoms with van der Waals surface area (Å²) in [7, 11) is 0. The Bertz CT molecular complexity index is 796. The summed E-state index contributed by atoms with van der Waals surface area (Å²) in [5.74, 6) is 0.518. The van der Waals surface area contributed by atoms with Crippen LogP contribution in [0.1, 0.15) is 44.2 Å². The molecule has 1 saturated heterocycles. The van der Waals surface area contributed by atoms with E-state index in [2.05, 4.69) is 66.2 Å². The number of nitrogens with zero attached hydrogens (tertiary/aromatic N) is 2. The van der Waals surface area contributed by atoms with Gasteiger partial charge < -0.3 is 10.2 Å². The molecule has 1 amide bonds. The highest BCUT2D eigenvalue weighted by Crippen LogP contribution is 2.27. The molecule has 3 rings (SSSR count). The first-order valence-corrected chi connectivity index (χ1v) is 10.5. The average Bonchev–Trinajstić information content (AvgIpc) is 2.73. The van der Waals surface area contributed by atoms with Gasteiger partial charge in [0.25, 0.3) is 0 Å². The number of para-hydroxylation sites is 2. The van der Waals surface area contributed by atoms with E-state index in [1.54, 1.807) is 0 Å². The third-order valence-electron chi connectivity index (χ3n) is 6.06. The first-order chi connectivity index (χ1) is 13.5. The van der Waals surface area contributed by atoms with E-state index in [0.717, 1.165) is 38.3 Å². The summed E-state index contributed by atoms with van der Waals surface area (Å²) >= 11 is 0. The summed E-state index contributed by atoms with van der Waals surface area (Å²) in [6.07, 6.45) is 1.06. The monoisotopic (exact) mass is 379 g/mol. The van der Waals surface area contributed by atoms with E-state index in [9.17, 15) is 4.79 Å². The number of benzene rings is 2. The topological polar surface area (TPSA) is 35.6 Å². The molecule has 0 bridgehead atoms. The van der Waals surface area contributed by atoms with Gasteiger partial charge in [0.2, 0.25) is 5.91 Å². The quantitative estimate of drug-likeness (QED) is 0.793. The molecule has 150 valence electrons. The van der Waals surface area contributed by atoms with Crippen LogP contribution in [0.5, 0.6) is 0 Å². The highest BCUT2D eigenvalue weighted by molar-refractivity contribution is 5.95. The number of aryl methyl sites for hydroxylation is 1. The Hall–Kier alpha value is -2.33. The first-order valence-electron chi connectivity index (χ1n) is 10.5. The van der Waals surface area contributed by atoms with Crippen LogP contribution in [-0.2, 0) is 4.79 Å². The first kappa shape index (κ1) is 20.4. The minimum absolute atomic E-state index is 0.0834. The van der Waals surface area contributed by atoms with Gasteiger partial charge in [-0.3, -0.25) is 9.69 Å². The van der Waals surface area contributed by atoms with E-state index in [1.807, 2.05) is 25.1 Å². The number of piperazine rings is 1. The Morgan fingerprint density at radius 2 is 1.64 bits per heavy atom. The van der Waals surface area contributed by atoms with Crippen LogP contribution in [0.25, 0.3) is 0 Å². The van der Waals surface area contributed by atoms with Gasteiger partial charge in [-0.05, 0) is 49.4 Å². The van der Waals surface area contributed by atoms with Crippen molar-refractivity contribution in [2.45, 2.75) is 46.1 Å². The molecule has 1 N–H and O–H groups in total. The molecule has 0 spiro atoms. The van der Waals surface area contributed by atoms with Gasteiger partial charge in [0.1, 0.15) is 0 Å². The zero-order valence-corrected chi connectivity index (χ0v) is 17.6. The van der Waals surface area contributed by atoms with Crippen LogP contribution in [0.3, 0.4) is 0 Å². The summed E-state index contributed by atoms with van der Waals surface area (Å²) < 4.78 is 0. The highest BCUT2D eigenvalue weighted by Gasteiger charge is 2.26. The molecule has 4 heteroatoms. The molecule has 4 nitrogen and oxygen atoms in total. The molecule has 1 aliphatic rings. The average molecular weight is 380 g/mol. The van der Waals surface area contributed by atoms with E-state index in [-0.39, 0.29) is 11.9 Å². The van der Waals surface area contributed by atoms with Gasteiger partial charge in [-0.25, -0.2) is 0 Å². The van der Waals surface area contributed by atoms with Crippen molar-refractivity contribution in [3.63, 3.8) is 0 Å². The van der Waals surface area contributed by atoms with Gasteiger partial charge >= 0.3 is 0 Å². The Morgan fingerprint density at radius 1 is 1.00 bits per heavy atom. The molecule has 0 aromatic heterocycles. The molecule has 0 saturated carbocycles. The van der Waals surface area contributed by atoms with E-state index >= 15 is 0 Å². The Labute approximate surface area is 169 Å². The SMILES string of the molecule is CC[C@@H](C)c1ccccc1NC(=O)[C@@H](C)N1CCN(c2ccccc2C)CC1. The Kier molecular flexibility index (Phi) is 6.74. The van der Waals surface area contributed by atoms with E-state index in [0.29, 0.717) is 5.92 Å². The molecule has 0 unspecified atom stereocenters. The standard InChI is InChI=1S/C24H33N3O/c1-5-18(2)21-11-7-8-12-22(21)25-24(28)20(4)26-14-16-27(17-15-26)23-13-9-6-10-19(23)3/h6-13,18,20H,5,14-17H2,1-4H3,(H,25,28)/t18-,20-/m1/s1. The number of amides is 1. The lowest BCUT2D eigenvalue weighted by atomic mass is 9.97. The number of rotatable bonds is 6. The summed E-state index contributed by atoms with van der Waals surface area (Å²) in [5, 5.41) is 3.18. The lowest BCUT2D eigenvalue weighted by molar-refractivity contribution is -0.120. The summed E-state index contributed by atoms with van der Waals surface area (Å²) in [6.45, 7) is 12.3. The van der Waals surface area contributed by atoms with Crippen molar-refractivity contribution in [3.05, 3.63) is 59.7 Å². The van der Waals surface area contributed by atoms with Crippen molar-refractivity contribution in [2.75, 3.05) is 36.4 Å². The number of nitrogens with one attached hydrogen (secondary N) is 1. The summed E-state index contributed by atoms with van der Waals surface area (Å²) in [6, 6.07) is 16.6. The van der Waals surface area contributed by atoms with Gasteiger partial charge in [0.15, 0.2) is 0 Å².